The number of aromatic amines is 1. The second-order valence-electron chi connectivity index (χ2n) is 9.26. The summed E-state index contributed by atoms with van der Waals surface area (Å²) in [5.74, 6) is 0.287. The zero-order valence-electron chi connectivity index (χ0n) is 21.3. The minimum atomic E-state index is -0.628. The lowest BCUT2D eigenvalue weighted by Crippen LogP contribution is -2.35. The van der Waals surface area contributed by atoms with Crippen molar-refractivity contribution in [3.63, 3.8) is 0 Å². The molecule has 0 aliphatic carbocycles. The van der Waals surface area contributed by atoms with Crippen LogP contribution in [0.2, 0.25) is 0 Å². The van der Waals surface area contributed by atoms with E-state index in [0.29, 0.717) is 40.3 Å². The third kappa shape index (κ3) is 4.79. The fourth-order valence-electron chi connectivity index (χ4n) is 4.64. The van der Waals surface area contributed by atoms with E-state index in [4.69, 9.17) is 4.74 Å². The number of carbonyl (C=O) groups excluding carboxylic acids is 1. The molecule has 1 amide bonds. The van der Waals surface area contributed by atoms with E-state index in [1.807, 2.05) is 6.07 Å². The fraction of sp³-hybridized carbons (Fsp3) is 0.296. The quantitative estimate of drug-likeness (QED) is 0.289. The van der Waals surface area contributed by atoms with Crippen LogP contribution in [0.3, 0.4) is 0 Å². The molecule has 0 saturated carbocycles. The number of anilines is 4. The Kier molecular flexibility index (Phi) is 6.66. The van der Waals surface area contributed by atoms with E-state index < -0.39 is 11.7 Å². The van der Waals surface area contributed by atoms with Crippen LogP contribution in [0.15, 0.2) is 42.6 Å². The zero-order valence-corrected chi connectivity index (χ0v) is 21.3. The van der Waals surface area contributed by atoms with Crippen LogP contribution >= 0.6 is 0 Å². The Balaban J connectivity index is 1.52. The molecule has 0 bridgehead atoms. The first-order chi connectivity index (χ1) is 17.9. The molecule has 37 heavy (non-hydrogen) atoms. The molecular weight excluding hydrogens is 473 g/mol. The summed E-state index contributed by atoms with van der Waals surface area (Å²) in [5.41, 5.74) is 4.05. The van der Waals surface area contributed by atoms with Gasteiger partial charge < -0.3 is 25.7 Å². The number of rotatable bonds is 7. The molecule has 0 radical (unpaired) electrons. The number of hydrogen-bond donors (Lipinski definition) is 4. The van der Waals surface area contributed by atoms with Crippen molar-refractivity contribution in [1.82, 2.24) is 25.2 Å². The topological polar surface area (TPSA) is 107 Å². The molecule has 3 heterocycles. The summed E-state index contributed by atoms with van der Waals surface area (Å²) in [5, 5.41) is 9.62. The van der Waals surface area contributed by atoms with E-state index in [1.165, 1.54) is 30.3 Å². The third-order valence-electron chi connectivity index (χ3n) is 6.68. The van der Waals surface area contributed by atoms with Gasteiger partial charge in [-0.15, -0.1) is 0 Å². The first-order valence-electron chi connectivity index (χ1n) is 12.2. The van der Waals surface area contributed by atoms with Crippen LogP contribution in [-0.2, 0) is 13.0 Å². The molecule has 192 valence electrons. The summed E-state index contributed by atoms with van der Waals surface area (Å²) >= 11 is 0. The molecule has 10 heteroatoms. The fourth-order valence-corrected chi connectivity index (χ4v) is 4.64. The molecule has 0 unspecified atom stereocenters. The van der Waals surface area contributed by atoms with Crippen molar-refractivity contribution in [3.05, 3.63) is 65.1 Å². The van der Waals surface area contributed by atoms with Crippen molar-refractivity contribution in [1.29, 1.82) is 0 Å². The molecular formula is C27H30FN7O2. The number of nitrogens with zero attached hydrogens (tertiary/aromatic N) is 3. The predicted molar refractivity (Wildman–Crippen MR) is 142 cm³/mol. The first kappa shape index (κ1) is 24.5. The van der Waals surface area contributed by atoms with Gasteiger partial charge in [-0.05, 0) is 61.7 Å². The van der Waals surface area contributed by atoms with Crippen molar-refractivity contribution in [2.75, 3.05) is 31.3 Å². The highest BCUT2D eigenvalue weighted by molar-refractivity contribution is 6.01. The Labute approximate surface area is 214 Å². The molecule has 1 aliphatic rings. The highest BCUT2D eigenvalue weighted by Crippen LogP contribution is 2.35. The Morgan fingerprint density at radius 1 is 1.14 bits per heavy atom. The number of H-pyrrole nitrogens is 1. The van der Waals surface area contributed by atoms with E-state index in [9.17, 15) is 9.18 Å². The molecule has 2 aromatic carbocycles. The predicted octanol–water partition coefficient (Wildman–Crippen LogP) is 4.72. The van der Waals surface area contributed by atoms with Crippen LogP contribution < -0.4 is 20.7 Å². The van der Waals surface area contributed by atoms with Crippen molar-refractivity contribution in [3.8, 4) is 5.75 Å². The molecule has 5 rings (SSSR count). The van der Waals surface area contributed by atoms with Gasteiger partial charge in [0, 0.05) is 32.4 Å². The Morgan fingerprint density at radius 2 is 1.97 bits per heavy atom. The highest BCUT2D eigenvalue weighted by atomic mass is 19.1. The maximum absolute atomic E-state index is 14.5. The molecule has 1 aliphatic heterocycles. The van der Waals surface area contributed by atoms with Gasteiger partial charge in [0.25, 0.3) is 5.91 Å². The number of nitrogens with one attached hydrogen (secondary N) is 4. The standard InChI is InChI=1S/C27H30FN7O2/c1-15(2)35-11-9-16-13-22(37-4)21(12-17(16)14-35)32-27-33-24-18(8-10-30-24)25(34-27)31-20-7-5-6-19(28)23(20)26(36)29-3/h5-8,10,12-13,15H,9,11,14H2,1-4H3,(H,29,36)(H3,30,31,32,33,34). The number of benzene rings is 2. The average Bonchev–Trinajstić information content (AvgIpc) is 3.36. The number of aromatic nitrogens is 3. The van der Waals surface area contributed by atoms with Gasteiger partial charge in [0.05, 0.1) is 29.4 Å². The van der Waals surface area contributed by atoms with E-state index in [0.717, 1.165) is 25.2 Å². The normalized spacial score (nSPS) is 13.5. The summed E-state index contributed by atoms with van der Waals surface area (Å²) in [4.78, 5) is 27.2. The summed E-state index contributed by atoms with van der Waals surface area (Å²) in [6.45, 7) is 6.28. The summed E-state index contributed by atoms with van der Waals surface area (Å²) in [6.07, 6.45) is 2.71. The third-order valence-corrected chi connectivity index (χ3v) is 6.68. The van der Waals surface area contributed by atoms with Crippen LogP contribution in [0.4, 0.5) is 27.5 Å². The summed E-state index contributed by atoms with van der Waals surface area (Å²) in [6, 6.07) is 10.9. The van der Waals surface area contributed by atoms with Gasteiger partial charge in [-0.1, -0.05) is 6.07 Å². The van der Waals surface area contributed by atoms with Crippen molar-refractivity contribution in [2.45, 2.75) is 32.9 Å². The van der Waals surface area contributed by atoms with Gasteiger partial charge in [-0.25, -0.2) is 4.39 Å². The molecule has 4 aromatic rings. The monoisotopic (exact) mass is 503 g/mol. The van der Waals surface area contributed by atoms with E-state index in [2.05, 4.69) is 61.8 Å². The van der Waals surface area contributed by atoms with Crippen LogP contribution in [0.5, 0.6) is 5.75 Å². The lowest BCUT2D eigenvalue weighted by atomic mass is 9.97. The van der Waals surface area contributed by atoms with Crippen molar-refractivity contribution < 1.29 is 13.9 Å². The molecule has 0 fully saturated rings. The van der Waals surface area contributed by atoms with E-state index in [-0.39, 0.29) is 5.56 Å². The zero-order chi connectivity index (χ0) is 26.1. The highest BCUT2D eigenvalue weighted by Gasteiger charge is 2.22. The number of halogens is 1. The van der Waals surface area contributed by atoms with Crippen LogP contribution in [0.25, 0.3) is 11.0 Å². The summed E-state index contributed by atoms with van der Waals surface area (Å²) < 4.78 is 20.2. The maximum Gasteiger partial charge on any atom is 0.256 e. The first-order valence-corrected chi connectivity index (χ1v) is 12.2. The van der Waals surface area contributed by atoms with Crippen molar-refractivity contribution in [2.24, 2.45) is 0 Å². The molecule has 0 saturated heterocycles. The SMILES string of the molecule is CNC(=O)c1c(F)cccc1Nc1nc(Nc2cc3c(cc2OC)CCN(C(C)C)C3)nc2[nH]ccc12. The van der Waals surface area contributed by atoms with Gasteiger partial charge in [0.15, 0.2) is 0 Å². The van der Waals surface area contributed by atoms with E-state index in [1.54, 1.807) is 19.4 Å². The largest absolute Gasteiger partial charge is 0.495 e. The van der Waals surface area contributed by atoms with Gasteiger partial charge in [-0.2, -0.15) is 9.97 Å². The van der Waals surface area contributed by atoms with E-state index >= 15 is 0 Å². The maximum atomic E-state index is 14.5. The lowest BCUT2D eigenvalue weighted by molar-refractivity contribution is 0.0960. The second-order valence-corrected chi connectivity index (χ2v) is 9.26. The number of amides is 1. The van der Waals surface area contributed by atoms with Gasteiger partial charge in [0.2, 0.25) is 5.95 Å². The van der Waals surface area contributed by atoms with Crippen LogP contribution in [0.1, 0.15) is 35.3 Å². The molecule has 0 spiro atoms. The van der Waals surface area contributed by atoms with Gasteiger partial charge in [-0.3, -0.25) is 9.69 Å². The number of hydrogen-bond acceptors (Lipinski definition) is 7. The molecule has 0 atom stereocenters. The Morgan fingerprint density at radius 3 is 2.73 bits per heavy atom. The number of ether oxygens (including phenoxy) is 1. The Hall–Kier alpha value is -4.18. The summed E-state index contributed by atoms with van der Waals surface area (Å²) in [7, 11) is 3.10. The number of methoxy groups -OCH3 is 1. The van der Waals surface area contributed by atoms with Gasteiger partial charge >= 0.3 is 0 Å². The minimum absolute atomic E-state index is 0.0899. The van der Waals surface area contributed by atoms with Gasteiger partial charge in [0.1, 0.15) is 23.0 Å². The number of fused-ring (bicyclic) bond motifs is 2. The second kappa shape index (κ2) is 10.1. The van der Waals surface area contributed by atoms with Crippen LogP contribution in [-0.4, -0.2) is 52.5 Å². The van der Waals surface area contributed by atoms with Crippen molar-refractivity contribution >= 4 is 40.1 Å². The molecule has 2 aromatic heterocycles. The minimum Gasteiger partial charge on any atom is -0.495 e. The average molecular weight is 504 g/mol. The smallest absolute Gasteiger partial charge is 0.256 e. The molecule has 4 N–H and O–H groups in total. The molecule has 9 nitrogen and oxygen atoms in total. The number of carbonyl (C=O) groups is 1. The lowest BCUT2D eigenvalue weighted by Gasteiger charge is -2.32. The Bertz CT molecular complexity index is 1470. The van der Waals surface area contributed by atoms with Crippen LogP contribution in [0, 0.1) is 5.82 Å².